The Balaban J connectivity index is 1.35. The van der Waals surface area contributed by atoms with Gasteiger partial charge in [0.2, 0.25) is 5.88 Å². The predicted molar refractivity (Wildman–Crippen MR) is 154 cm³/mol. The molecule has 0 unspecified atom stereocenters. The summed E-state index contributed by atoms with van der Waals surface area (Å²) < 4.78 is 25.3. The Labute approximate surface area is 235 Å². The number of nitrogens with zero attached hydrogens (tertiary/aromatic N) is 3. The lowest BCUT2D eigenvalue weighted by Crippen LogP contribution is -2.43. The summed E-state index contributed by atoms with van der Waals surface area (Å²) in [6, 6.07) is 16.2. The number of piperidine rings is 1. The number of carbonyl (C=O) groups excluding carboxylic acids is 1. The summed E-state index contributed by atoms with van der Waals surface area (Å²) >= 11 is 5.85. The predicted octanol–water partition coefficient (Wildman–Crippen LogP) is 6.15. The van der Waals surface area contributed by atoms with Gasteiger partial charge in [-0.05, 0) is 55.6 Å². The minimum atomic E-state index is -0.382. The molecule has 0 radical (unpaired) electrons. The standard InChI is InChI=1S/C31H37ClFN3O3/c1-22-7-8-24(20-37)17-30(22)36(15-16-38-3)14-13-35-12-11-27(23(2)19-35)29-5-4-6-31(34-29)39-21-25-9-10-26(32)18-28(25)33/h4-10,17-18,20,23,27H,11-16,19,21H2,1-3H3/t23-,27+/m1/s1. The number of likely N-dealkylation sites (tertiary alicyclic amines) is 1. The first kappa shape index (κ1) is 29.0. The van der Waals surface area contributed by atoms with E-state index in [1.807, 2.05) is 30.3 Å². The fourth-order valence-electron chi connectivity index (χ4n) is 5.24. The highest BCUT2D eigenvalue weighted by atomic mass is 35.5. The minimum Gasteiger partial charge on any atom is -0.473 e. The molecule has 1 aliphatic rings. The van der Waals surface area contributed by atoms with Gasteiger partial charge >= 0.3 is 0 Å². The van der Waals surface area contributed by atoms with Crippen LogP contribution in [0.3, 0.4) is 0 Å². The maximum atomic E-state index is 14.1. The molecule has 0 saturated carbocycles. The van der Waals surface area contributed by atoms with Crippen molar-refractivity contribution >= 4 is 23.6 Å². The molecule has 2 atom stereocenters. The molecule has 0 amide bonds. The zero-order chi connectivity index (χ0) is 27.8. The molecule has 3 aromatic rings. The van der Waals surface area contributed by atoms with Gasteiger partial charge in [0.05, 0.1) is 6.61 Å². The number of halogens is 2. The van der Waals surface area contributed by atoms with E-state index in [9.17, 15) is 9.18 Å². The zero-order valence-electron chi connectivity index (χ0n) is 22.9. The van der Waals surface area contributed by atoms with E-state index in [2.05, 4.69) is 29.7 Å². The molecular weight excluding hydrogens is 517 g/mol. The van der Waals surface area contributed by atoms with Crippen LogP contribution in [0.25, 0.3) is 0 Å². The molecule has 0 aliphatic carbocycles. The van der Waals surface area contributed by atoms with Gasteiger partial charge in [0.1, 0.15) is 18.7 Å². The van der Waals surface area contributed by atoms with Gasteiger partial charge in [0.15, 0.2) is 0 Å². The molecule has 39 heavy (non-hydrogen) atoms. The van der Waals surface area contributed by atoms with Crippen LogP contribution < -0.4 is 9.64 Å². The summed E-state index contributed by atoms with van der Waals surface area (Å²) in [5.41, 5.74) is 4.37. The topological polar surface area (TPSA) is 54.9 Å². The molecule has 208 valence electrons. The van der Waals surface area contributed by atoms with E-state index in [0.29, 0.717) is 40.5 Å². The highest BCUT2D eigenvalue weighted by Crippen LogP contribution is 2.33. The molecule has 0 bridgehead atoms. The van der Waals surface area contributed by atoms with Crippen molar-refractivity contribution in [2.24, 2.45) is 5.92 Å². The van der Waals surface area contributed by atoms with Gasteiger partial charge in [0.25, 0.3) is 0 Å². The largest absolute Gasteiger partial charge is 0.473 e. The van der Waals surface area contributed by atoms with E-state index in [-0.39, 0.29) is 12.4 Å². The SMILES string of the molecule is COCCN(CCN1CC[C@H](c2cccc(OCc3ccc(Cl)cc3F)n2)[C@H](C)C1)c1cc(C=O)ccc1C. The fourth-order valence-corrected chi connectivity index (χ4v) is 5.40. The number of rotatable bonds is 12. The third-order valence-corrected chi connectivity index (χ3v) is 7.70. The number of pyridine rings is 1. The molecule has 4 rings (SSSR count). The lowest BCUT2D eigenvalue weighted by molar-refractivity contribution is 0.112. The Bertz CT molecular complexity index is 1260. The second kappa shape index (κ2) is 13.9. The van der Waals surface area contributed by atoms with E-state index in [0.717, 1.165) is 62.4 Å². The summed E-state index contributed by atoms with van der Waals surface area (Å²) in [6.45, 7) is 9.57. The summed E-state index contributed by atoms with van der Waals surface area (Å²) in [4.78, 5) is 20.9. The van der Waals surface area contributed by atoms with Crippen LogP contribution >= 0.6 is 11.6 Å². The van der Waals surface area contributed by atoms with Crippen LogP contribution in [0.1, 0.15) is 46.4 Å². The molecule has 2 aromatic carbocycles. The van der Waals surface area contributed by atoms with Crippen molar-refractivity contribution in [1.29, 1.82) is 0 Å². The Morgan fingerprint density at radius 2 is 2.03 bits per heavy atom. The zero-order valence-corrected chi connectivity index (χ0v) is 23.7. The van der Waals surface area contributed by atoms with Crippen molar-refractivity contribution in [3.8, 4) is 5.88 Å². The number of carbonyl (C=O) groups is 1. The third-order valence-electron chi connectivity index (χ3n) is 7.47. The first-order valence-electron chi connectivity index (χ1n) is 13.4. The molecule has 1 aromatic heterocycles. The second-order valence-corrected chi connectivity index (χ2v) is 10.7. The van der Waals surface area contributed by atoms with Crippen molar-refractivity contribution < 1.29 is 18.7 Å². The van der Waals surface area contributed by atoms with E-state index in [4.69, 9.17) is 26.1 Å². The first-order chi connectivity index (χ1) is 18.9. The number of aldehydes is 1. The average Bonchev–Trinajstić information content (AvgIpc) is 2.93. The lowest BCUT2D eigenvalue weighted by Gasteiger charge is -2.38. The van der Waals surface area contributed by atoms with E-state index < -0.39 is 0 Å². The normalized spacial score (nSPS) is 17.7. The maximum Gasteiger partial charge on any atom is 0.213 e. The Morgan fingerprint density at radius 1 is 1.18 bits per heavy atom. The van der Waals surface area contributed by atoms with Crippen molar-refractivity contribution in [2.75, 3.05) is 51.3 Å². The van der Waals surface area contributed by atoms with Gasteiger partial charge in [0, 0.05) is 72.8 Å². The van der Waals surface area contributed by atoms with Crippen molar-refractivity contribution in [3.63, 3.8) is 0 Å². The first-order valence-corrected chi connectivity index (χ1v) is 13.8. The van der Waals surface area contributed by atoms with Gasteiger partial charge in [-0.15, -0.1) is 0 Å². The van der Waals surface area contributed by atoms with Crippen LogP contribution in [-0.4, -0.2) is 62.6 Å². The molecule has 8 heteroatoms. The number of anilines is 1. The Kier molecular flexibility index (Phi) is 10.3. The van der Waals surface area contributed by atoms with E-state index >= 15 is 0 Å². The molecule has 2 heterocycles. The summed E-state index contributed by atoms with van der Waals surface area (Å²) in [7, 11) is 1.71. The number of hydrogen-bond donors (Lipinski definition) is 0. The smallest absolute Gasteiger partial charge is 0.213 e. The third kappa shape index (κ3) is 7.78. The van der Waals surface area contributed by atoms with Crippen molar-refractivity contribution in [2.45, 2.75) is 32.8 Å². The molecule has 1 fully saturated rings. The van der Waals surface area contributed by atoms with Gasteiger partial charge in [-0.3, -0.25) is 4.79 Å². The highest BCUT2D eigenvalue weighted by molar-refractivity contribution is 6.30. The monoisotopic (exact) mass is 553 g/mol. The van der Waals surface area contributed by atoms with Gasteiger partial charge in [-0.1, -0.05) is 42.8 Å². The van der Waals surface area contributed by atoms with Crippen LogP contribution in [0.15, 0.2) is 54.6 Å². The van der Waals surface area contributed by atoms with Crippen LogP contribution in [0, 0.1) is 18.7 Å². The lowest BCUT2D eigenvalue weighted by atomic mass is 9.84. The molecule has 0 N–H and O–H groups in total. The van der Waals surface area contributed by atoms with E-state index in [1.54, 1.807) is 19.2 Å². The maximum absolute atomic E-state index is 14.1. The molecule has 0 spiro atoms. The van der Waals surface area contributed by atoms with E-state index in [1.165, 1.54) is 6.07 Å². The number of ether oxygens (including phenoxy) is 2. The average molecular weight is 554 g/mol. The van der Waals surface area contributed by atoms with Gasteiger partial charge < -0.3 is 19.3 Å². The summed E-state index contributed by atoms with van der Waals surface area (Å²) in [5, 5.41) is 0.363. The van der Waals surface area contributed by atoms with Crippen LogP contribution in [0.5, 0.6) is 5.88 Å². The molecule has 1 aliphatic heterocycles. The second-order valence-electron chi connectivity index (χ2n) is 10.2. The summed E-state index contributed by atoms with van der Waals surface area (Å²) in [6.07, 6.45) is 1.90. The molecule has 6 nitrogen and oxygen atoms in total. The van der Waals surface area contributed by atoms with Gasteiger partial charge in [-0.25, -0.2) is 9.37 Å². The van der Waals surface area contributed by atoms with Crippen LogP contribution in [0.4, 0.5) is 10.1 Å². The highest BCUT2D eigenvalue weighted by Gasteiger charge is 2.28. The summed E-state index contributed by atoms with van der Waals surface area (Å²) in [5.74, 6) is 0.862. The van der Waals surface area contributed by atoms with Crippen LogP contribution in [-0.2, 0) is 11.3 Å². The number of aromatic nitrogens is 1. The Hall–Kier alpha value is -3.00. The molecule has 1 saturated heterocycles. The van der Waals surface area contributed by atoms with Crippen LogP contribution in [0.2, 0.25) is 5.02 Å². The van der Waals surface area contributed by atoms with Crippen molar-refractivity contribution in [3.05, 3.63) is 87.8 Å². The number of benzene rings is 2. The van der Waals surface area contributed by atoms with Gasteiger partial charge in [-0.2, -0.15) is 0 Å². The van der Waals surface area contributed by atoms with Crippen molar-refractivity contribution in [1.82, 2.24) is 9.88 Å². The number of hydrogen-bond acceptors (Lipinski definition) is 6. The molecular formula is C31H37ClFN3O3. The quantitative estimate of drug-likeness (QED) is 0.251. The Morgan fingerprint density at radius 3 is 2.77 bits per heavy atom. The minimum absolute atomic E-state index is 0.0995. The number of aryl methyl sites for hydroxylation is 1. The fraction of sp³-hybridized carbons (Fsp3) is 0.419. The number of methoxy groups -OCH3 is 1.